The maximum Gasteiger partial charge on any atom is 0.251 e. The third-order valence-electron chi connectivity index (χ3n) is 6.41. The third-order valence-corrected chi connectivity index (χ3v) is 9.81. The van der Waals surface area contributed by atoms with Crippen LogP contribution in [0, 0.1) is 0 Å². The summed E-state index contributed by atoms with van der Waals surface area (Å²) in [5.41, 5.74) is 2.72. The number of ether oxygens (including phenoxy) is 1. The molecule has 2 aromatic carbocycles. The van der Waals surface area contributed by atoms with E-state index in [9.17, 15) is 13.2 Å². The van der Waals surface area contributed by atoms with Crippen molar-refractivity contribution in [3.63, 3.8) is 0 Å². The summed E-state index contributed by atoms with van der Waals surface area (Å²) in [6, 6.07) is 13.9. The fraction of sp³-hybridized carbons (Fsp3) is 0.435. The molecule has 0 radical (unpaired) electrons. The fourth-order valence-corrected chi connectivity index (χ4v) is 7.02. The Morgan fingerprint density at radius 3 is 2.59 bits per heavy atom. The molecular formula is C23H27N3O4S2. The molecule has 0 aliphatic carbocycles. The first-order valence-corrected chi connectivity index (χ1v) is 13.3. The molecule has 9 heteroatoms. The van der Waals surface area contributed by atoms with Gasteiger partial charge in [-0.2, -0.15) is 4.31 Å². The van der Waals surface area contributed by atoms with Crippen molar-refractivity contribution in [3.05, 3.63) is 48.0 Å². The number of benzene rings is 2. The van der Waals surface area contributed by atoms with Crippen LogP contribution in [0.3, 0.4) is 0 Å². The molecule has 3 aliphatic heterocycles. The minimum Gasteiger partial charge on any atom is -0.368 e. The number of hydrogen-bond acceptors (Lipinski definition) is 6. The minimum absolute atomic E-state index is 0.00820. The summed E-state index contributed by atoms with van der Waals surface area (Å²) in [6.07, 6.45) is 1.30. The summed E-state index contributed by atoms with van der Waals surface area (Å²) in [6.45, 7) is 3.82. The fourth-order valence-electron chi connectivity index (χ4n) is 4.44. The van der Waals surface area contributed by atoms with Crippen molar-refractivity contribution >= 4 is 39.1 Å². The molecule has 32 heavy (non-hydrogen) atoms. The first-order valence-electron chi connectivity index (χ1n) is 11.0. The molecule has 5 rings (SSSR count). The van der Waals surface area contributed by atoms with Crippen molar-refractivity contribution in [2.24, 2.45) is 0 Å². The normalized spacial score (nSPS) is 22.0. The smallest absolute Gasteiger partial charge is 0.251 e. The second kappa shape index (κ2) is 8.70. The monoisotopic (exact) mass is 473 g/mol. The predicted octanol–water partition coefficient (Wildman–Crippen LogP) is 3.61. The summed E-state index contributed by atoms with van der Waals surface area (Å²) >= 11 is 1.68. The van der Waals surface area contributed by atoms with Crippen LogP contribution in [0.4, 0.5) is 11.4 Å². The average Bonchev–Trinajstić information content (AvgIpc) is 3.36. The molecule has 2 saturated heterocycles. The van der Waals surface area contributed by atoms with Gasteiger partial charge in [0.1, 0.15) is 6.10 Å². The summed E-state index contributed by atoms with van der Waals surface area (Å²) in [4.78, 5) is 16.5. The molecule has 2 fully saturated rings. The van der Waals surface area contributed by atoms with Gasteiger partial charge in [0.25, 0.3) is 5.91 Å². The second-order valence-electron chi connectivity index (χ2n) is 8.39. The molecule has 7 nitrogen and oxygen atoms in total. The number of rotatable bonds is 4. The topological polar surface area (TPSA) is 79.0 Å². The van der Waals surface area contributed by atoms with E-state index in [0.29, 0.717) is 32.8 Å². The summed E-state index contributed by atoms with van der Waals surface area (Å²) in [5.74, 6) is -0.00820. The number of anilines is 2. The lowest BCUT2D eigenvalue weighted by Gasteiger charge is -2.36. The Morgan fingerprint density at radius 1 is 1.09 bits per heavy atom. The van der Waals surface area contributed by atoms with E-state index in [1.54, 1.807) is 23.6 Å². The highest BCUT2D eigenvalue weighted by Gasteiger charge is 2.36. The number of hydrogen-bond donors (Lipinski definition) is 1. The van der Waals surface area contributed by atoms with E-state index in [0.717, 1.165) is 39.6 Å². The first-order chi connectivity index (χ1) is 15.4. The Hall–Kier alpha value is -2.07. The Labute approximate surface area is 193 Å². The van der Waals surface area contributed by atoms with E-state index in [-0.39, 0.29) is 12.0 Å². The van der Waals surface area contributed by atoms with E-state index in [1.165, 1.54) is 4.31 Å². The van der Waals surface area contributed by atoms with Gasteiger partial charge in [-0.3, -0.25) is 4.79 Å². The zero-order chi connectivity index (χ0) is 22.3. The van der Waals surface area contributed by atoms with Crippen LogP contribution in [0.15, 0.2) is 52.3 Å². The number of para-hydroxylation sites is 1. The van der Waals surface area contributed by atoms with Gasteiger partial charge in [-0.15, -0.1) is 0 Å². The van der Waals surface area contributed by atoms with Crippen LogP contribution in [-0.2, 0) is 19.6 Å². The van der Waals surface area contributed by atoms with Crippen LogP contribution >= 0.6 is 11.8 Å². The van der Waals surface area contributed by atoms with Crippen LogP contribution in [0.2, 0.25) is 0 Å². The van der Waals surface area contributed by atoms with Gasteiger partial charge in [-0.25, -0.2) is 8.42 Å². The molecule has 2 unspecified atom stereocenters. The van der Waals surface area contributed by atoms with Gasteiger partial charge in [-0.1, -0.05) is 30.0 Å². The van der Waals surface area contributed by atoms with Crippen LogP contribution in [0.1, 0.15) is 30.6 Å². The number of carbonyl (C=O) groups excluding carboxylic acids is 1. The number of piperazine rings is 1. The Kier molecular flexibility index (Phi) is 5.92. The lowest BCUT2D eigenvalue weighted by Crippen LogP contribution is -2.53. The van der Waals surface area contributed by atoms with Gasteiger partial charge in [0.15, 0.2) is 0 Å². The number of fused-ring (bicyclic) bond motifs is 2. The average molecular weight is 474 g/mol. The molecule has 2 aromatic rings. The molecule has 170 valence electrons. The zero-order valence-electron chi connectivity index (χ0n) is 18.0. The van der Waals surface area contributed by atoms with Gasteiger partial charge in [0.05, 0.1) is 16.6 Å². The highest BCUT2D eigenvalue weighted by Crippen LogP contribution is 2.45. The molecule has 1 N–H and O–H groups in total. The summed E-state index contributed by atoms with van der Waals surface area (Å²) in [7, 11) is -3.54. The molecule has 0 aromatic heterocycles. The number of amides is 1. The molecular weight excluding hydrogens is 446 g/mol. The van der Waals surface area contributed by atoms with E-state index in [1.807, 2.05) is 36.4 Å². The third kappa shape index (κ3) is 4.03. The van der Waals surface area contributed by atoms with Crippen molar-refractivity contribution in [1.29, 1.82) is 0 Å². The van der Waals surface area contributed by atoms with Gasteiger partial charge in [-0.05, 0) is 49.6 Å². The molecule has 1 amide bonds. The number of sulfonamides is 1. The second-order valence-corrected chi connectivity index (χ2v) is 11.7. The van der Waals surface area contributed by atoms with E-state index in [4.69, 9.17) is 4.74 Å². The SMILES string of the molecule is CC(c1ccc2c(c1)Nc1ccccc1S2)S(=O)(=O)N1CCN(C(=O)C2CCCO2)CC1. The van der Waals surface area contributed by atoms with Crippen molar-refractivity contribution in [3.8, 4) is 0 Å². The van der Waals surface area contributed by atoms with Crippen molar-refractivity contribution in [2.75, 3.05) is 38.1 Å². The molecule has 0 bridgehead atoms. The lowest BCUT2D eigenvalue weighted by molar-refractivity contribution is -0.142. The first kappa shape index (κ1) is 21.8. The molecule has 3 aliphatic rings. The maximum atomic E-state index is 13.4. The summed E-state index contributed by atoms with van der Waals surface area (Å²) in [5, 5.41) is 2.76. The highest BCUT2D eigenvalue weighted by atomic mass is 32.2. The van der Waals surface area contributed by atoms with Crippen LogP contribution < -0.4 is 5.32 Å². The van der Waals surface area contributed by atoms with Gasteiger partial charge in [0.2, 0.25) is 10.0 Å². The van der Waals surface area contributed by atoms with Crippen LogP contribution in [0.5, 0.6) is 0 Å². The van der Waals surface area contributed by atoms with Crippen LogP contribution in [0.25, 0.3) is 0 Å². The Morgan fingerprint density at radius 2 is 1.84 bits per heavy atom. The van der Waals surface area contributed by atoms with E-state index < -0.39 is 15.3 Å². The lowest BCUT2D eigenvalue weighted by atomic mass is 10.1. The number of nitrogens with zero attached hydrogens (tertiary/aromatic N) is 2. The minimum atomic E-state index is -3.54. The number of nitrogens with one attached hydrogen (secondary N) is 1. The molecule has 0 saturated carbocycles. The van der Waals surface area contributed by atoms with Gasteiger partial charge in [0, 0.05) is 42.6 Å². The van der Waals surface area contributed by atoms with Crippen molar-refractivity contribution in [2.45, 2.75) is 40.9 Å². The summed E-state index contributed by atoms with van der Waals surface area (Å²) < 4.78 is 33.7. The highest BCUT2D eigenvalue weighted by molar-refractivity contribution is 7.99. The van der Waals surface area contributed by atoms with Crippen LogP contribution in [-0.4, -0.2) is 62.4 Å². The van der Waals surface area contributed by atoms with Crippen molar-refractivity contribution < 1.29 is 17.9 Å². The Bertz CT molecular complexity index is 1120. The zero-order valence-corrected chi connectivity index (χ0v) is 19.6. The van der Waals surface area contributed by atoms with Gasteiger partial charge < -0.3 is 15.0 Å². The molecule has 3 heterocycles. The predicted molar refractivity (Wildman–Crippen MR) is 125 cm³/mol. The largest absolute Gasteiger partial charge is 0.368 e. The van der Waals surface area contributed by atoms with E-state index in [2.05, 4.69) is 11.4 Å². The standard InChI is InChI=1S/C23H27N3O4S2/c1-16(17-8-9-22-19(15-17)24-18-5-2-3-7-21(18)31-22)32(28,29)26-12-10-25(11-13-26)23(27)20-6-4-14-30-20/h2-3,5,7-9,15-16,20,24H,4,6,10-14H2,1H3. The quantitative estimate of drug-likeness (QED) is 0.624. The van der Waals surface area contributed by atoms with Crippen molar-refractivity contribution in [1.82, 2.24) is 9.21 Å². The number of carbonyl (C=O) groups is 1. The maximum absolute atomic E-state index is 13.4. The van der Waals surface area contributed by atoms with E-state index >= 15 is 0 Å². The molecule has 2 atom stereocenters. The molecule has 0 spiro atoms. The van der Waals surface area contributed by atoms with Gasteiger partial charge >= 0.3 is 0 Å². The Balaban J connectivity index is 1.27.